The molecule has 2 aromatic heterocycles. The summed E-state index contributed by atoms with van der Waals surface area (Å²) in [6.07, 6.45) is 4.61. The van der Waals surface area contributed by atoms with Gasteiger partial charge in [-0.25, -0.2) is 20.0 Å². The Balaban J connectivity index is 1.78. The number of aromatic amines is 1. The fraction of sp³-hybridized carbons (Fsp3) is 0.312. The van der Waals surface area contributed by atoms with Crippen molar-refractivity contribution in [1.82, 2.24) is 24.9 Å². The quantitative estimate of drug-likeness (QED) is 0.410. The number of fused-ring (bicyclic) bond motifs is 1. The molecule has 0 bridgehead atoms. The maximum Gasteiger partial charge on any atom is 0.182 e. The van der Waals surface area contributed by atoms with Crippen LogP contribution in [0.3, 0.4) is 0 Å². The number of anilines is 1. The third-order valence-electron chi connectivity index (χ3n) is 3.68. The number of unbranched alkanes of at least 4 members (excludes halogenated alkanes) is 1. The number of nitrogens with zero attached hydrogens (tertiary/aromatic N) is 4. The topological polar surface area (TPSA) is 90.0 Å². The number of rotatable bonds is 8. The summed E-state index contributed by atoms with van der Waals surface area (Å²) in [6, 6.07) is 5.56. The maximum absolute atomic E-state index is 9.03. The molecule has 0 aliphatic carbocycles. The first-order valence-electron chi connectivity index (χ1n) is 7.88. The molecule has 0 saturated carbocycles. The molecule has 3 N–H and O–H groups in total. The second kappa shape index (κ2) is 8.44. The molecule has 2 heterocycles. The van der Waals surface area contributed by atoms with Crippen molar-refractivity contribution >= 4 is 40.2 Å². The van der Waals surface area contributed by atoms with E-state index in [1.54, 1.807) is 12.4 Å². The zero-order valence-electron chi connectivity index (χ0n) is 13.4. The lowest BCUT2D eigenvalue weighted by Gasteiger charge is -2.24. The Morgan fingerprint density at radius 2 is 2.00 bits per heavy atom. The van der Waals surface area contributed by atoms with Gasteiger partial charge >= 0.3 is 0 Å². The molecule has 0 aliphatic heterocycles. The predicted octanol–water partition coefficient (Wildman–Crippen LogP) is 3.26. The van der Waals surface area contributed by atoms with Crippen molar-refractivity contribution in [2.45, 2.75) is 19.4 Å². The number of H-pyrrole nitrogens is 1. The van der Waals surface area contributed by atoms with E-state index in [0.29, 0.717) is 28.1 Å². The number of hydrogen-bond donors (Lipinski definition) is 3. The van der Waals surface area contributed by atoms with Crippen LogP contribution in [0.4, 0.5) is 5.82 Å². The zero-order chi connectivity index (χ0) is 17.6. The van der Waals surface area contributed by atoms with Crippen molar-refractivity contribution in [2.24, 2.45) is 0 Å². The molecular formula is C16H18Cl2N6O. The molecule has 0 unspecified atom stereocenters. The Labute approximate surface area is 155 Å². The van der Waals surface area contributed by atoms with E-state index in [1.807, 2.05) is 17.1 Å². The Morgan fingerprint density at radius 1 is 1.12 bits per heavy atom. The van der Waals surface area contributed by atoms with Crippen molar-refractivity contribution in [3.05, 3.63) is 46.5 Å². The van der Waals surface area contributed by atoms with E-state index in [-0.39, 0.29) is 6.61 Å². The summed E-state index contributed by atoms with van der Waals surface area (Å²) in [5.41, 5.74) is 5.66. The summed E-state index contributed by atoms with van der Waals surface area (Å²) in [5.74, 6) is 0.645. The van der Waals surface area contributed by atoms with Gasteiger partial charge in [0.25, 0.3) is 0 Å². The molecule has 7 nitrogen and oxygen atoms in total. The monoisotopic (exact) mass is 380 g/mol. The van der Waals surface area contributed by atoms with Gasteiger partial charge in [-0.15, -0.1) is 0 Å². The van der Waals surface area contributed by atoms with Gasteiger partial charge in [-0.1, -0.05) is 29.3 Å². The van der Waals surface area contributed by atoms with E-state index in [2.05, 4.69) is 25.4 Å². The standard InChI is InChI=1S/C16H18Cl2N6O/c17-12-4-3-11(7-13(12)18)8-24(5-1-2-6-25)23-16-14-15(20-9-19-14)21-10-22-16/h3-4,7,9-10,25H,1-2,5-6,8H2,(H2,19,20,21,22,23). The highest BCUT2D eigenvalue weighted by Gasteiger charge is 2.12. The van der Waals surface area contributed by atoms with Gasteiger partial charge in [-0.3, -0.25) is 0 Å². The number of hydrazine groups is 1. The van der Waals surface area contributed by atoms with Crippen LogP contribution in [-0.2, 0) is 6.54 Å². The van der Waals surface area contributed by atoms with Crippen LogP contribution >= 0.6 is 23.2 Å². The van der Waals surface area contributed by atoms with E-state index in [4.69, 9.17) is 28.3 Å². The average Bonchev–Trinajstić information content (AvgIpc) is 3.08. The fourth-order valence-corrected chi connectivity index (χ4v) is 2.77. The second-order valence-corrected chi connectivity index (χ2v) is 6.35. The Bertz CT molecular complexity index is 840. The molecule has 3 aromatic rings. The molecule has 3 rings (SSSR count). The van der Waals surface area contributed by atoms with Gasteiger partial charge in [0, 0.05) is 19.7 Å². The maximum atomic E-state index is 9.03. The van der Waals surface area contributed by atoms with Crippen LogP contribution in [0.15, 0.2) is 30.9 Å². The van der Waals surface area contributed by atoms with Crippen LogP contribution < -0.4 is 5.43 Å². The number of nitrogens with one attached hydrogen (secondary N) is 2. The number of hydrogen-bond acceptors (Lipinski definition) is 6. The minimum atomic E-state index is 0.166. The number of halogens is 2. The largest absolute Gasteiger partial charge is 0.396 e. The molecule has 0 aliphatic rings. The summed E-state index contributed by atoms with van der Waals surface area (Å²) in [6.45, 7) is 1.49. The summed E-state index contributed by atoms with van der Waals surface area (Å²) >= 11 is 12.1. The summed E-state index contributed by atoms with van der Waals surface area (Å²) in [5, 5.41) is 12.1. The van der Waals surface area contributed by atoms with Gasteiger partial charge in [0.1, 0.15) is 11.8 Å². The number of benzene rings is 1. The third kappa shape index (κ3) is 4.58. The lowest BCUT2D eigenvalue weighted by atomic mass is 10.2. The molecular weight excluding hydrogens is 363 g/mol. The molecule has 0 spiro atoms. The van der Waals surface area contributed by atoms with Gasteiger partial charge in [-0.2, -0.15) is 0 Å². The molecule has 0 fully saturated rings. The lowest BCUT2D eigenvalue weighted by molar-refractivity contribution is 0.259. The Hall–Kier alpha value is -1.93. The fourth-order valence-electron chi connectivity index (χ4n) is 2.45. The summed E-state index contributed by atoms with van der Waals surface area (Å²) in [4.78, 5) is 15.6. The molecule has 9 heteroatoms. The smallest absolute Gasteiger partial charge is 0.182 e. The minimum Gasteiger partial charge on any atom is -0.396 e. The number of aliphatic hydroxyl groups excluding tert-OH is 1. The Kier molecular flexibility index (Phi) is 6.04. The first-order valence-corrected chi connectivity index (χ1v) is 8.63. The van der Waals surface area contributed by atoms with E-state index < -0.39 is 0 Å². The van der Waals surface area contributed by atoms with E-state index in [9.17, 15) is 0 Å². The first kappa shape index (κ1) is 17.9. The molecule has 0 saturated heterocycles. The van der Waals surface area contributed by atoms with Gasteiger partial charge in [-0.05, 0) is 30.5 Å². The van der Waals surface area contributed by atoms with Gasteiger partial charge in [0.05, 0.1) is 16.4 Å². The van der Waals surface area contributed by atoms with Gasteiger partial charge < -0.3 is 15.5 Å². The minimum absolute atomic E-state index is 0.166. The summed E-state index contributed by atoms with van der Waals surface area (Å²) < 4.78 is 0. The van der Waals surface area contributed by atoms with Crippen LogP contribution in [0.5, 0.6) is 0 Å². The first-order chi connectivity index (χ1) is 12.2. The molecule has 0 amide bonds. The third-order valence-corrected chi connectivity index (χ3v) is 4.42. The van der Waals surface area contributed by atoms with Crippen LogP contribution in [0.2, 0.25) is 10.0 Å². The Morgan fingerprint density at radius 3 is 2.80 bits per heavy atom. The van der Waals surface area contributed by atoms with Crippen molar-refractivity contribution in [1.29, 1.82) is 0 Å². The SMILES string of the molecule is OCCCCN(Cc1ccc(Cl)c(Cl)c1)Nc1ncnc2nc[nH]c12. The average molecular weight is 381 g/mol. The summed E-state index contributed by atoms with van der Waals surface area (Å²) in [7, 11) is 0. The van der Waals surface area contributed by atoms with Crippen molar-refractivity contribution in [3.8, 4) is 0 Å². The molecule has 0 atom stereocenters. The van der Waals surface area contributed by atoms with Gasteiger partial charge in [0.2, 0.25) is 0 Å². The highest BCUT2D eigenvalue weighted by atomic mass is 35.5. The molecule has 25 heavy (non-hydrogen) atoms. The second-order valence-electron chi connectivity index (χ2n) is 5.54. The number of aliphatic hydroxyl groups is 1. The lowest BCUT2D eigenvalue weighted by Crippen LogP contribution is -2.31. The van der Waals surface area contributed by atoms with Crippen molar-refractivity contribution in [3.63, 3.8) is 0 Å². The van der Waals surface area contributed by atoms with Crippen LogP contribution in [0.1, 0.15) is 18.4 Å². The van der Waals surface area contributed by atoms with Crippen molar-refractivity contribution in [2.75, 3.05) is 18.6 Å². The van der Waals surface area contributed by atoms with Crippen LogP contribution in [-0.4, -0.2) is 43.2 Å². The normalized spacial score (nSPS) is 11.4. The van der Waals surface area contributed by atoms with E-state index in [0.717, 1.165) is 30.5 Å². The number of imidazole rings is 1. The molecule has 1 aromatic carbocycles. The molecule has 0 radical (unpaired) electrons. The van der Waals surface area contributed by atoms with Crippen molar-refractivity contribution < 1.29 is 5.11 Å². The highest BCUT2D eigenvalue weighted by Crippen LogP contribution is 2.24. The molecule has 132 valence electrons. The zero-order valence-corrected chi connectivity index (χ0v) is 14.9. The predicted molar refractivity (Wildman–Crippen MR) is 98.5 cm³/mol. The van der Waals surface area contributed by atoms with Crippen LogP contribution in [0, 0.1) is 0 Å². The van der Waals surface area contributed by atoms with E-state index >= 15 is 0 Å². The number of aromatic nitrogens is 4. The highest BCUT2D eigenvalue weighted by molar-refractivity contribution is 6.42. The van der Waals surface area contributed by atoms with Gasteiger partial charge in [0.15, 0.2) is 11.5 Å². The van der Waals surface area contributed by atoms with E-state index in [1.165, 1.54) is 6.33 Å². The van der Waals surface area contributed by atoms with Crippen LogP contribution in [0.25, 0.3) is 11.2 Å².